The van der Waals surface area contributed by atoms with Gasteiger partial charge < -0.3 is 5.01 Å². The van der Waals surface area contributed by atoms with E-state index in [1.807, 2.05) is 19.9 Å². The van der Waals surface area contributed by atoms with Crippen molar-refractivity contribution >= 4 is 12.6 Å². The Bertz CT molecular complexity index is 436. The van der Waals surface area contributed by atoms with Crippen LogP contribution < -0.4 is 0 Å². The molecule has 0 N–H and O–H groups in total. The zero-order valence-corrected chi connectivity index (χ0v) is 10.7. The highest BCUT2D eigenvalue weighted by Crippen LogP contribution is 2.21. The minimum atomic E-state index is -0.268. The molecule has 0 aromatic heterocycles. The van der Waals surface area contributed by atoms with Gasteiger partial charge in [-0.1, -0.05) is 26.0 Å². The Kier molecular flexibility index (Phi) is 4.37. The van der Waals surface area contributed by atoms with Gasteiger partial charge in [-0.2, -0.15) is 5.10 Å². The van der Waals surface area contributed by atoms with Crippen LogP contribution in [0.4, 0.5) is 4.39 Å². The van der Waals surface area contributed by atoms with Gasteiger partial charge in [0.25, 0.3) is 0 Å². The molecule has 0 spiro atoms. The SMILES string of the molecule is C=N/C(=N\N(C)C)c1cccc(C(C)C)c1F. The lowest BCUT2D eigenvalue weighted by atomic mass is 9.99. The number of amidine groups is 1. The summed E-state index contributed by atoms with van der Waals surface area (Å²) in [6.45, 7) is 7.33. The van der Waals surface area contributed by atoms with E-state index in [9.17, 15) is 4.39 Å². The summed E-state index contributed by atoms with van der Waals surface area (Å²) in [5, 5.41) is 5.68. The van der Waals surface area contributed by atoms with Crippen LogP contribution in [0.15, 0.2) is 28.3 Å². The zero-order chi connectivity index (χ0) is 13.0. The highest BCUT2D eigenvalue weighted by Gasteiger charge is 2.14. The maximum atomic E-state index is 14.2. The lowest BCUT2D eigenvalue weighted by Crippen LogP contribution is -2.11. The highest BCUT2D eigenvalue weighted by molar-refractivity contribution is 6.01. The monoisotopic (exact) mass is 235 g/mol. The summed E-state index contributed by atoms with van der Waals surface area (Å²) < 4.78 is 14.2. The Morgan fingerprint density at radius 1 is 1.35 bits per heavy atom. The van der Waals surface area contributed by atoms with Gasteiger partial charge in [-0.05, 0) is 24.3 Å². The van der Waals surface area contributed by atoms with Crippen molar-refractivity contribution in [2.24, 2.45) is 10.1 Å². The number of rotatable bonds is 3. The lowest BCUT2D eigenvalue weighted by molar-refractivity contribution is 0.437. The summed E-state index contributed by atoms with van der Waals surface area (Å²) in [6, 6.07) is 5.25. The topological polar surface area (TPSA) is 28.0 Å². The molecular weight excluding hydrogens is 217 g/mol. The van der Waals surface area contributed by atoms with E-state index >= 15 is 0 Å². The Morgan fingerprint density at radius 3 is 2.47 bits per heavy atom. The van der Waals surface area contributed by atoms with Crippen LogP contribution in [0.25, 0.3) is 0 Å². The van der Waals surface area contributed by atoms with E-state index in [-0.39, 0.29) is 11.7 Å². The molecule has 1 aromatic carbocycles. The number of nitrogens with zero attached hydrogens (tertiary/aromatic N) is 3. The average molecular weight is 235 g/mol. The summed E-state index contributed by atoms with van der Waals surface area (Å²) in [7, 11) is 3.52. The minimum Gasteiger partial charge on any atom is -0.301 e. The van der Waals surface area contributed by atoms with Gasteiger partial charge in [0.2, 0.25) is 0 Å². The Hall–Kier alpha value is -1.71. The smallest absolute Gasteiger partial charge is 0.181 e. The normalized spacial score (nSPS) is 11.8. The molecule has 0 amide bonds. The minimum absolute atomic E-state index is 0.125. The highest BCUT2D eigenvalue weighted by atomic mass is 19.1. The van der Waals surface area contributed by atoms with E-state index in [0.717, 1.165) is 0 Å². The van der Waals surface area contributed by atoms with Crippen LogP contribution in [0.5, 0.6) is 0 Å². The molecule has 4 heteroatoms. The van der Waals surface area contributed by atoms with E-state index in [2.05, 4.69) is 16.8 Å². The van der Waals surface area contributed by atoms with Crippen LogP contribution in [-0.2, 0) is 0 Å². The lowest BCUT2D eigenvalue weighted by Gasteiger charge is -2.12. The first kappa shape index (κ1) is 13.4. The zero-order valence-electron chi connectivity index (χ0n) is 10.7. The molecule has 3 nitrogen and oxygen atoms in total. The number of hydrazone groups is 1. The molecule has 0 aliphatic carbocycles. The van der Waals surface area contributed by atoms with Gasteiger partial charge >= 0.3 is 0 Å². The van der Waals surface area contributed by atoms with Crippen molar-refractivity contribution in [2.45, 2.75) is 19.8 Å². The molecule has 17 heavy (non-hydrogen) atoms. The molecule has 0 aliphatic rings. The number of aliphatic imine (C=N–C) groups is 1. The van der Waals surface area contributed by atoms with Crippen LogP contribution >= 0.6 is 0 Å². The third kappa shape index (κ3) is 3.12. The van der Waals surface area contributed by atoms with E-state index in [0.29, 0.717) is 17.0 Å². The van der Waals surface area contributed by atoms with Crippen LogP contribution in [0, 0.1) is 5.82 Å². The van der Waals surface area contributed by atoms with Crippen LogP contribution in [0.1, 0.15) is 30.9 Å². The fourth-order valence-electron chi connectivity index (χ4n) is 1.53. The van der Waals surface area contributed by atoms with Crippen molar-refractivity contribution in [2.75, 3.05) is 14.1 Å². The summed E-state index contributed by atoms with van der Waals surface area (Å²) in [6.07, 6.45) is 0. The first-order chi connectivity index (χ1) is 7.97. The van der Waals surface area contributed by atoms with Crippen molar-refractivity contribution in [1.82, 2.24) is 5.01 Å². The molecule has 0 atom stereocenters. The van der Waals surface area contributed by atoms with E-state index in [1.54, 1.807) is 31.2 Å². The maximum Gasteiger partial charge on any atom is 0.181 e. The van der Waals surface area contributed by atoms with E-state index in [1.165, 1.54) is 0 Å². The molecule has 0 heterocycles. The van der Waals surface area contributed by atoms with Crippen molar-refractivity contribution in [3.63, 3.8) is 0 Å². The largest absolute Gasteiger partial charge is 0.301 e. The molecule has 0 saturated carbocycles. The van der Waals surface area contributed by atoms with Crippen LogP contribution in [0.2, 0.25) is 0 Å². The Morgan fingerprint density at radius 2 is 2.00 bits per heavy atom. The molecule has 1 aromatic rings. The number of hydrogen-bond donors (Lipinski definition) is 0. The second-order valence-electron chi connectivity index (χ2n) is 4.29. The van der Waals surface area contributed by atoms with Crippen LogP contribution in [0.3, 0.4) is 0 Å². The van der Waals surface area contributed by atoms with Gasteiger partial charge in [0.15, 0.2) is 5.84 Å². The quantitative estimate of drug-likeness (QED) is 0.450. The van der Waals surface area contributed by atoms with Crippen LogP contribution in [-0.4, -0.2) is 31.7 Å². The summed E-state index contributed by atoms with van der Waals surface area (Å²) in [5.41, 5.74) is 1.05. The fraction of sp³-hybridized carbons (Fsp3) is 0.385. The molecule has 0 saturated heterocycles. The van der Waals surface area contributed by atoms with Crippen molar-refractivity contribution in [3.8, 4) is 0 Å². The van der Waals surface area contributed by atoms with Gasteiger partial charge in [0.05, 0.1) is 5.56 Å². The summed E-state index contributed by atoms with van der Waals surface area (Å²) in [5.74, 6) is 0.158. The molecule has 92 valence electrons. The van der Waals surface area contributed by atoms with Gasteiger partial charge in [0.1, 0.15) is 5.82 Å². The molecule has 0 radical (unpaired) electrons. The Balaban J connectivity index is 3.31. The van der Waals surface area contributed by atoms with Gasteiger partial charge in [-0.3, -0.25) is 0 Å². The second kappa shape index (κ2) is 5.57. The first-order valence-electron chi connectivity index (χ1n) is 5.48. The van der Waals surface area contributed by atoms with Gasteiger partial charge in [0, 0.05) is 14.1 Å². The van der Waals surface area contributed by atoms with Crippen molar-refractivity contribution in [1.29, 1.82) is 0 Å². The van der Waals surface area contributed by atoms with E-state index in [4.69, 9.17) is 0 Å². The molecule has 0 unspecified atom stereocenters. The molecule has 0 bridgehead atoms. The number of halogens is 1. The predicted octanol–water partition coefficient (Wildman–Crippen LogP) is 2.87. The molecular formula is C13H18FN3. The van der Waals surface area contributed by atoms with E-state index < -0.39 is 0 Å². The predicted molar refractivity (Wildman–Crippen MR) is 70.3 cm³/mol. The third-order valence-corrected chi connectivity index (χ3v) is 2.34. The average Bonchev–Trinajstić information content (AvgIpc) is 2.26. The van der Waals surface area contributed by atoms with Gasteiger partial charge in [-0.15, -0.1) is 0 Å². The standard InChI is InChI=1S/C13H18FN3/c1-9(2)10-7-6-8-11(12(10)14)13(15-3)16-17(4)5/h6-9H,3H2,1-2,4-5H3/b16-13-. The third-order valence-electron chi connectivity index (χ3n) is 2.34. The summed E-state index contributed by atoms with van der Waals surface area (Å²) >= 11 is 0. The van der Waals surface area contributed by atoms with Gasteiger partial charge in [-0.25, -0.2) is 9.38 Å². The summed E-state index contributed by atoms with van der Waals surface area (Å²) in [4.78, 5) is 3.78. The number of benzene rings is 1. The number of hydrogen-bond acceptors (Lipinski definition) is 2. The Labute approximate surface area is 102 Å². The maximum absolute atomic E-state index is 14.2. The van der Waals surface area contributed by atoms with Crippen molar-refractivity contribution < 1.29 is 4.39 Å². The molecule has 1 rings (SSSR count). The van der Waals surface area contributed by atoms with Crippen molar-refractivity contribution in [3.05, 3.63) is 35.1 Å². The first-order valence-corrected chi connectivity index (χ1v) is 5.48. The molecule has 0 aliphatic heterocycles. The molecule has 0 fully saturated rings. The fourth-order valence-corrected chi connectivity index (χ4v) is 1.53. The second-order valence-corrected chi connectivity index (χ2v) is 4.29.